The summed E-state index contributed by atoms with van der Waals surface area (Å²) in [6.45, 7) is 3.37. The van der Waals surface area contributed by atoms with Crippen molar-refractivity contribution in [2.45, 2.75) is 45.1 Å². The summed E-state index contributed by atoms with van der Waals surface area (Å²) in [5, 5.41) is 21.4. The number of carbonyl (C=O) groups is 1. The van der Waals surface area contributed by atoms with Crippen molar-refractivity contribution < 1.29 is 14.8 Å². The molecule has 2 aliphatic rings. The number of pyridine rings is 1. The van der Waals surface area contributed by atoms with Gasteiger partial charge >= 0.3 is 6.09 Å². The number of rotatable bonds is 5. The van der Waals surface area contributed by atoms with Gasteiger partial charge in [0.2, 0.25) is 5.70 Å². The largest absolute Gasteiger partial charge is 0.465 e. The van der Waals surface area contributed by atoms with Gasteiger partial charge in [-0.15, -0.1) is 0 Å². The molecule has 2 aromatic heterocycles. The van der Waals surface area contributed by atoms with Crippen LogP contribution in [0.1, 0.15) is 49.9 Å². The fourth-order valence-electron chi connectivity index (χ4n) is 4.05. The van der Waals surface area contributed by atoms with Gasteiger partial charge in [0.25, 0.3) is 0 Å². The van der Waals surface area contributed by atoms with Gasteiger partial charge in [-0.25, -0.2) is 4.79 Å². The van der Waals surface area contributed by atoms with Crippen molar-refractivity contribution in [1.82, 2.24) is 14.5 Å². The topological polar surface area (TPSA) is 102 Å². The van der Waals surface area contributed by atoms with E-state index in [1.54, 1.807) is 12.3 Å². The standard InChI is InChI=1S/C20H24N4O4/c1-13(24(27)28)10-17-11-16-4-7-21-18(19(16)23(17)12-14-2-3-14)15-5-8-22(9-6-15)20(25)26/h4,7,10-11,14-15H,2-3,5-6,8-9,12H2,1H3,(H,25,26)/b13-10+. The van der Waals surface area contributed by atoms with Gasteiger partial charge < -0.3 is 14.6 Å². The van der Waals surface area contributed by atoms with Crippen molar-refractivity contribution in [1.29, 1.82) is 0 Å². The number of nitrogens with zero attached hydrogens (tertiary/aromatic N) is 4. The summed E-state index contributed by atoms with van der Waals surface area (Å²) in [4.78, 5) is 28.1. The maximum atomic E-state index is 11.2. The average molecular weight is 384 g/mol. The average Bonchev–Trinajstić information content (AvgIpc) is 3.43. The molecular formula is C20H24N4O4. The number of allylic oxidation sites excluding steroid dienone is 1. The molecule has 1 N–H and O–H groups in total. The third-order valence-electron chi connectivity index (χ3n) is 5.80. The number of likely N-dealkylation sites (tertiary alicyclic amines) is 1. The van der Waals surface area contributed by atoms with Crippen LogP contribution in [0.4, 0.5) is 4.79 Å². The van der Waals surface area contributed by atoms with Crippen molar-refractivity contribution in [3.05, 3.63) is 45.5 Å². The molecule has 2 fully saturated rings. The van der Waals surface area contributed by atoms with Crippen molar-refractivity contribution in [3.63, 3.8) is 0 Å². The smallest absolute Gasteiger partial charge is 0.407 e. The van der Waals surface area contributed by atoms with E-state index in [-0.39, 0.29) is 16.5 Å². The zero-order chi connectivity index (χ0) is 19.8. The lowest BCUT2D eigenvalue weighted by Crippen LogP contribution is -2.37. The van der Waals surface area contributed by atoms with Gasteiger partial charge in [0.15, 0.2) is 0 Å². The lowest BCUT2D eigenvalue weighted by Gasteiger charge is -2.30. The summed E-state index contributed by atoms with van der Waals surface area (Å²) in [6.07, 6.45) is 6.41. The molecule has 8 nitrogen and oxygen atoms in total. The second-order valence-electron chi connectivity index (χ2n) is 7.84. The Balaban J connectivity index is 1.75. The predicted molar refractivity (Wildman–Crippen MR) is 105 cm³/mol. The Hall–Kier alpha value is -2.90. The van der Waals surface area contributed by atoms with Crippen molar-refractivity contribution >= 4 is 23.1 Å². The SMILES string of the molecule is C/C(=C\c1cc2ccnc(C3CCN(C(=O)O)CC3)c2n1CC1CC1)[N+](=O)[O-]. The van der Waals surface area contributed by atoms with Gasteiger partial charge in [0.1, 0.15) is 0 Å². The molecule has 0 bridgehead atoms. The second-order valence-corrected chi connectivity index (χ2v) is 7.84. The summed E-state index contributed by atoms with van der Waals surface area (Å²) in [7, 11) is 0. The minimum atomic E-state index is -0.871. The zero-order valence-electron chi connectivity index (χ0n) is 15.9. The van der Waals surface area contributed by atoms with Crippen LogP contribution in [-0.4, -0.2) is 43.7 Å². The molecule has 3 heterocycles. The predicted octanol–water partition coefficient (Wildman–Crippen LogP) is 3.94. The van der Waals surface area contributed by atoms with Crippen molar-refractivity contribution in [2.24, 2.45) is 5.92 Å². The highest BCUT2D eigenvalue weighted by Crippen LogP contribution is 2.37. The summed E-state index contributed by atoms with van der Waals surface area (Å²) < 4.78 is 2.19. The molecule has 0 unspecified atom stereocenters. The number of fused-ring (bicyclic) bond motifs is 1. The minimum absolute atomic E-state index is 0.115. The van der Waals surface area contributed by atoms with E-state index >= 15 is 0 Å². The summed E-state index contributed by atoms with van der Waals surface area (Å²) >= 11 is 0. The normalized spacial score (nSPS) is 18.6. The number of amides is 1. The van der Waals surface area contributed by atoms with Gasteiger partial charge in [-0.1, -0.05) is 0 Å². The van der Waals surface area contributed by atoms with Crippen LogP contribution in [0.5, 0.6) is 0 Å². The molecule has 4 rings (SSSR count). The highest BCUT2D eigenvalue weighted by atomic mass is 16.6. The molecule has 8 heteroatoms. The van der Waals surface area contributed by atoms with Gasteiger partial charge in [0.05, 0.1) is 16.1 Å². The first-order valence-corrected chi connectivity index (χ1v) is 9.72. The molecule has 0 spiro atoms. The number of carboxylic acid groups (broad SMARTS) is 1. The van der Waals surface area contributed by atoms with Crippen LogP contribution < -0.4 is 0 Å². The van der Waals surface area contributed by atoms with E-state index in [0.717, 1.165) is 41.7 Å². The number of aromatic nitrogens is 2. The fourth-order valence-corrected chi connectivity index (χ4v) is 4.05. The van der Waals surface area contributed by atoms with Crippen molar-refractivity contribution in [3.8, 4) is 0 Å². The van der Waals surface area contributed by atoms with Gasteiger partial charge in [-0.2, -0.15) is 0 Å². The molecular weight excluding hydrogens is 360 g/mol. The summed E-state index contributed by atoms with van der Waals surface area (Å²) in [5.74, 6) is 0.807. The van der Waals surface area contributed by atoms with E-state index in [9.17, 15) is 20.0 Å². The van der Waals surface area contributed by atoms with Gasteiger partial charge in [-0.3, -0.25) is 15.1 Å². The summed E-state index contributed by atoms with van der Waals surface area (Å²) in [5.41, 5.74) is 2.99. The Morgan fingerprint density at radius 3 is 2.68 bits per heavy atom. The van der Waals surface area contributed by atoms with Crippen LogP contribution in [0.15, 0.2) is 24.0 Å². The molecule has 28 heavy (non-hydrogen) atoms. The van der Waals surface area contributed by atoms with Crippen LogP contribution >= 0.6 is 0 Å². The molecule has 1 saturated heterocycles. The first-order valence-electron chi connectivity index (χ1n) is 9.72. The maximum absolute atomic E-state index is 11.2. The monoisotopic (exact) mass is 384 g/mol. The van der Waals surface area contributed by atoms with E-state index < -0.39 is 6.09 Å². The van der Waals surface area contributed by atoms with Crippen LogP contribution in [0.3, 0.4) is 0 Å². The third kappa shape index (κ3) is 3.58. The Bertz CT molecular complexity index is 953. The minimum Gasteiger partial charge on any atom is -0.465 e. The first-order chi connectivity index (χ1) is 13.4. The van der Waals surface area contributed by atoms with Crippen LogP contribution in [0.2, 0.25) is 0 Å². The van der Waals surface area contributed by atoms with E-state index in [1.165, 1.54) is 24.7 Å². The Morgan fingerprint density at radius 1 is 1.36 bits per heavy atom. The lowest BCUT2D eigenvalue weighted by atomic mass is 9.92. The van der Waals surface area contributed by atoms with Crippen LogP contribution in [0.25, 0.3) is 17.0 Å². The summed E-state index contributed by atoms with van der Waals surface area (Å²) in [6, 6.07) is 3.95. The molecule has 0 radical (unpaired) electrons. The molecule has 1 saturated carbocycles. The molecule has 1 amide bonds. The van der Waals surface area contributed by atoms with Gasteiger partial charge in [0, 0.05) is 55.8 Å². The molecule has 1 aliphatic heterocycles. The highest BCUT2D eigenvalue weighted by molar-refractivity contribution is 5.86. The van der Waals surface area contributed by atoms with Crippen LogP contribution in [0, 0.1) is 16.0 Å². The number of piperidine rings is 1. The number of hydrogen-bond donors (Lipinski definition) is 1. The molecule has 0 aromatic carbocycles. The van der Waals surface area contributed by atoms with Gasteiger partial charge in [-0.05, 0) is 43.7 Å². The van der Waals surface area contributed by atoms with E-state index in [0.29, 0.717) is 19.0 Å². The van der Waals surface area contributed by atoms with Crippen LogP contribution in [-0.2, 0) is 6.54 Å². The highest BCUT2D eigenvalue weighted by Gasteiger charge is 2.29. The Labute approximate surface area is 162 Å². The zero-order valence-corrected chi connectivity index (χ0v) is 15.9. The van der Waals surface area contributed by atoms with E-state index in [1.807, 2.05) is 12.1 Å². The van der Waals surface area contributed by atoms with E-state index in [4.69, 9.17) is 0 Å². The molecule has 148 valence electrons. The Morgan fingerprint density at radius 2 is 2.07 bits per heavy atom. The van der Waals surface area contributed by atoms with Crippen molar-refractivity contribution in [2.75, 3.05) is 13.1 Å². The Kier molecular flexibility index (Phi) is 4.78. The quantitative estimate of drug-likeness (QED) is 0.621. The molecule has 1 aliphatic carbocycles. The molecule has 0 atom stereocenters. The third-order valence-corrected chi connectivity index (χ3v) is 5.80. The van der Waals surface area contributed by atoms with E-state index in [2.05, 4.69) is 9.55 Å². The number of nitro groups is 1. The first kappa shape index (κ1) is 18.5. The number of hydrogen-bond acceptors (Lipinski definition) is 4. The fraction of sp³-hybridized carbons (Fsp3) is 0.500. The maximum Gasteiger partial charge on any atom is 0.407 e. The lowest BCUT2D eigenvalue weighted by molar-refractivity contribution is -0.422. The molecule has 2 aromatic rings. The second kappa shape index (κ2) is 7.26.